The fraction of sp³-hybridized carbons (Fsp3) is 0.429. The largest absolute Gasteiger partial charge is 0.469 e. The van der Waals surface area contributed by atoms with E-state index >= 15 is 0 Å². The van der Waals surface area contributed by atoms with Gasteiger partial charge in [-0.2, -0.15) is 0 Å². The molecule has 1 atom stereocenters. The van der Waals surface area contributed by atoms with Crippen LogP contribution in [0.4, 0.5) is 0 Å². The summed E-state index contributed by atoms with van der Waals surface area (Å²) in [6.45, 7) is 2.00. The van der Waals surface area contributed by atoms with Gasteiger partial charge in [0.25, 0.3) is 0 Å². The second-order valence-corrected chi connectivity index (χ2v) is 4.11. The molecule has 4 nitrogen and oxygen atoms in total. The van der Waals surface area contributed by atoms with E-state index in [1.54, 1.807) is 6.92 Å². The highest BCUT2D eigenvalue weighted by atomic mass is 16.5. The van der Waals surface area contributed by atoms with Crippen molar-refractivity contribution in [2.45, 2.75) is 26.4 Å². The average Bonchev–Trinajstić information content (AvgIpc) is 2.42. The predicted octanol–water partition coefficient (Wildman–Crippen LogP) is 2.32. The molecule has 0 aliphatic rings. The molecular weight excluding hydrogens is 232 g/mol. The van der Waals surface area contributed by atoms with E-state index in [2.05, 4.69) is 4.74 Å². The van der Waals surface area contributed by atoms with Gasteiger partial charge in [-0.15, -0.1) is 0 Å². The molecule has 1 aromatic rings. The number of rotatable bonds is 6. The van der Waals surface area contributed by atoms with Gasteiger partial charge in [0, 0.05) is 6.42 Å². The van der Waals surface area contributed by atoms with Crippen LogP contribution in [0.2, 0.25) is 0 Å². The number of carbonyl (C=O) groups is 2. The van der Waals surface area contributed by atoms with Crippen molar-refractivity contribution in [3.8, 4) is 0 Å². The van der Waals surface area contributed by atoms with Gasteiger partial charge in [0.15, 0.2) is 0 Å². The molecule has 0 saturated heterocycles. The zero-order valence-electron chi connectivity index (χ0n) is 10.7. The molecule has 98 valence electrons. The Bertz CT molecular complexity index is 386. The summed E-state index contributed by atoms with van der Waals surface area (Å²) in [4.78, 5) is 22.6. The van der Waals surface area contributed by atoms with E-state index in [-0.39, 0.29) is 30.9 Å². The van der Waals surface area contributed by atoms with E-state index in [1.165, 1.54) is 7.11 Å². The number of ether oxygens (including phenoxy) is 2. The highest BCUT2D eigenvalue weighted by Crippen LogP contribution is 2.09. The molecule has 1 aromatic carbocycles. The first kappa shape index (κ1) is 14.2. The van der Waals surface area contributed by atoms with Crippen LogP contribution in [-0.4, -0.2) is 19.0 Å². The van der Waals surface area contributed by atoms with E-state index in [0.717, 1.165) is 5.56 Å². The summed E-state index contributed by atoms with van der Waals surface area (Å²) in [5, 5.41) is 0. The third-order valence-electron chi connectivity index (χ3n) is 2.63. The highest BCUT2D eigenvalue weighted by molar-refractivity contribution is 5.74. The molecule has 1 unspecified atom stereocenters. The molecular formula is C14H18O4. The molecule has 0 aliphatic heterocycles. The molecule has 0 heterocycles. The van der Waals surface area contributed by atoms with E-state index in [9.17, 15) is 9.59 Å². The zero-order valence-corrected chi connectivity index (χ0v) is 10.7. The minimum absolute atomic E-state index is 0.225. The Balaban J connectivity index is 2.24. The third kappa shape index (κ3) is 4.99. The number of carbonyl (C=O) groups excluding carboxylic acids is 2. The summed E-state index contributed by atoms with van der Waals surface area (Å²) in [6.07, 6.45) is 0.670. The first-order valence-electron chi connectivity index (χ1n) is 5.91. The van der Waals surface area contributed by atoms with Gasteiger partial charge in [-0.25, -0.2) is 0 Å². The quantitative estimate of drug-likeness (QED) is 0.727. The number of benzene rings is 1. The number of methoxy groups -OCH3 is 1. The lowest BCUT2D eigenvalue weighted by Crippen LogP contribution is -2.15. The van der Waals surface area contributed by atoms with Gasteiger partial charge in [-0.3, -0.25) is 9.59 Å². The summed E-state index contributed by atoms with van der Waals surface area (Å²) in [7, 11) is 1.34. The van der Waals surface area contributed by atoms with Crippen molar-refractivity contribution in [1.29, 1.82) is 0 Å². The number of esters is 2. The van der Waals surface area contributed by atoms with Crippen molar-refractivity contribution in [3.05, 3.63) is 35.9 Å². The summed E-state index contributed by atoms with van der Waals surface area (Å²) in [5.74, 6) is -0.875. The monoisotopic (exact) mass is 250 g/mol. The molecule has 0 saturated carbocycles. The molecule has 0 amide bonds. The average molecular weight is 250 g/mol. The Morgan fingerprint density at radius 2 is 1.89 bits per heavy atom. The molecule has 1 rings (SSSR count). The lowest BCUT2D eigenvalue weighted by atomic mass is 10.1. The molecule has 0 radical (unpaired) electrons. The third-order valence-corrected chi connectivity index (χ3v) is 2.63. The van der Waals surface area contributed by atoms with E-state index in [1.807, 2.05) is 30.3 Å². The minimum Gasteiger partial charge on any atom is -0.469 e. The van der Waals surface area contributed by atoms with Gasteiger partial charge in [0.2, 0.25) is 0 Å². The van der Waals surface area contributed by atoms with E-state index in [0.29, 0.717) is 6.42 Å². The topological polar surface area (TPSA) is 52.6 Å². The highest BCUT2D eigenvalue weighted by Gasteiger charge is 2.15. The maximum Gasteiger partial charge on any atom is 0.308 e. The van der Waals surface area contributed by atoms with Gasteiger partial charge >= 0.3 is 11.9 Å². The first-order chi connectivity index (χ1) is 8.63. The van der Waals surface area contributed by atoms with Crippen LogP contribution in [0.3, 0.4) is 0 Å². The number of hydrogen-bond acceptors (Lipinski definition) is 4. The smallest absolute Gasteiger partial charge is 0.308 e. The Labute approximate surface area is 107 Å². The van der Waals surface area contributed by atoms with Crippen LogP contribution in [0.25, 0.3) is 0 Å². The van der Waals surface area contributed by atoms with Crippen LogP contribution < -0.4 is 0 Å². The molecule has 0 aliphatic carbocycles. The second-order valence-electron chi connectivity index (χ2n) is 4.11. The molecule has 18 heavy (non-hydrogen) atoms. The lowest BCUT2D eigenvalue weighted by Gasteiger charge is -2.08. The normalized spacial score (nSPS) is 11.7. The molecule has 0 N–H and O–H groups in total. The SMILES string of the molecule is COC(=O)C(C)CCC(=O)OCc1ccccc1. The van der Waals surface area contributed by atoms with Crippen LogP contribution in [0.15, 0.2) is 30.3 Å². The summed E-state index contributed by atoms with van der Waals surface area (Å²) < 4.78 is 9.68. The van der Waals surface area contributed by atoms with Crippen molar-refractivity contribution >= 4 is 11.9 Å². The van der Waals surface area contributed by atoms with Crippen molar-refractivity contribution in [1.82, 2.24) is 0 Å². The fourth-order valence-corrected chi connectivity index (χ4v) is 1.46. The second kappa shape index (κ2) is 7.48. The van der Waals surface area contributed by atoms with Gasteiger partial charge < -0.3 is 9.47 Å². The van der Waals surface area contributed by atoms with Gasteiger partial charge in [0.05, 0.1) is 13.0 Å². The van der Waals surface area contributed by atoms with E-state index in [4.69, 9.17) is 4.74 Å². The maximum atomic E-state index is 11.5. The lowest BCUT2D eigenvalue weighted by molar-refractivity contribution is -0.147. The molecule has 0 bridgehead atoms. The van der Waals surface area contributed by atoms with Gasteiger partial charge in [0.1, 0.15) is 6.61 Å². The first-order valence-corrected chi connectivity index (χ1v) is 5.91. The fourth-order valence-electron chi connectivity index (χ4n) is 1.46. The van der Waals surface area contributed by atoms with Crippen LogP contribution in [0, 0.1) is 5.92 Å². The van der Waals surface area contributed by atoms with Crippen LogP contribution in [0.5, 0.6) is 0 Å². The molecule has 0 fully saturated rings. The van der Waals surface area contributed by atoms with Crippen LogP contribution in [0.1, 0.15) is 25.3 Å². The van der Waals surface area contributed by atoms with E-state index < -0.39 is 0 Å². The zero-order chi connectivity index (χ0) is 13.4. The van der Waals surface area contributed by atoms with Crippen molar-refractivity contribution < 1.29 is 19.1 Å². The Morgan fingerprint density at radius 1 is 1.22 bits per heavy atom. The van der Waals surface area contributed by atoms with Crippen LogP contribution >= 0.6 is 0 Å². The summed E-state index contributed by atoms with van der Waals surface area (Å²) >= 11 is 0. The van der Waals surface area contributed by atoms with Gasteiger partial charge in [-0.05, 0) is 12.0 Å². The Morgan fingerprint density at radius 3 is 2.50 bits per heavy atom. The maximum absolute atomic E-state index is 11.5. The summed E-state index contributed by atoms with van der Waals surface area (Å²) in [5.41, 5.74) is 0.951. The van der Waals surface area contributed by atoms with Crippen molar-refractivity contribution in [2.75, 3.05) is 7.11 Å². The molecule has 0 aromatic heterocycles. The summed E-state index contributed by atoms with van der Waals surface area (Å²) in [6, 6.07) is 9.48. The Hall–Kier alpha value is -1.84. The van der Waals surface area contributed by atoms with Crippen LogP contribution in [-0.2, 0) is 25.7 Å². The minimum atomic E-state index is -0.300. The molecule has 4 heteroatoms. The Kier molecular flexibility index (Phi) is 5.91. The van der Waals surface area contributed by atoms with Gasteiger partial charge in [-0.1, -0.05) is 37.3 Å². The predicted molar refractivity (Wildman–Crippen MR) is 66.7 cm³/mol. The van der Waals surface area contributed by atoms with Crippen molar-refractivity contribution in [2.24, 2.45) is 5.92 Å². The molecule has 0 spiro atoms. The number of hydrogen-bond donors (Lipinski definition) is 0. The van der Waals surface area contributed by atoms with Crippen molar-refractivity contribution in [3.63, 3.8) is 0 Å². The standard InChI is InChI=1S/C14H18O4/c1-11(14(16)17-2)8-9-13(15)18-10-12-6-4-3-5-7-12/h3-7,11H,8-10H2,1-2H3.